The summed E-state index contributed by atoms with van der Waals surface area (Å²) in [6.07, 6.45) is -3.30. The van der Waals surface area contributed by atoms with Crippen molar-refractivity contribution in [1.82, 2.24) is 14.9 Å². The first-order chi connectivity index (χ1) is 12.8. The highest BCUT2D eigenvalue weighted by atomic mass is 19.4. The lowest BCUT2D eigenvalue weighted by atomic mass is 10.3. The van der Waals surface area contributed by atoms with Crippen LogP contribution < -0.4 is 5.32 Å². The smallest absolute Gasteiger partial charge is 0.449 e. The number of alkyl halides is 3. The van der Waals surface area contributed by atoms with E-state index in [0.29, 0.717) is 5.76 Å². The van der Waals surface area contributed by atoms with Crippen LogP contribution in [0.15, 0.2) is 47.1 Å². The van der Waals surface area contributed by atoms with Gasteiger partial charge in [0.05, 0.1) is 23.8 Å². The summed E-state index contributed by atoms with van der Waals surface area (Å²) in [5, 5.41) is 2.46. The molecule has 1 amide bonds. The number of nitrogens with zero attached hydrogens (tertiary/aromatic N) is 2. The first kappa shape index (κ1) is 18.5. The average Bonchev–Trinajstić information content (AvgIpc) is 3.26. The Morgan fingerprint density at radius 2 is 1.96 bits per heavy atom. The van der Waals surface area contributed by atoms with Gasteiger partial charge in [0.1, 0.15) is 12.3 Å². The number of benzene rings is 1. The second-order valence-corrected chi connectivity index (χ2v) is 5.52. The van der Waals surface area contributed by atoms with Crippen LogP contribution in [0, 0.1) is 0 Å². The third kappa shape index (κ3) is 4.46. The fourth-order valence-corrected chi connectivity index (χ4v) is 2.42. The van der Waals surface area contributed by atoms with Crippen LogP contribution in [0.4, 0.5) is 13.2 Å². The van der Waals surface area contributed by atoms with Gasteiger partial charge in [-0.15, -0.1) is 0 Å². The van der Waals surface area contributed by atoms with Crippen molar-refractivity contribution in [1.29, 1.82) is 0 Å². The number of rotatable bonds is 6. The molecule has 3 rings (SSSR count). The van der Waals surface area contributed by atoms with E-state index in [0.717, 1.165) is 4.57 Å². The van der Waals surface area contributed by atoms with Gasteiger partial charge in [-0.05, 0) is 24.3 Å². The zero-order chi connectivity index (χ0) is 19.4. The van der Waals surface area contributed by atoms with Gasteiger partial charge in [0.15, 0.2) is 6.61 Å². The number of imidazole rings is 1. The maximum absolute atomic E-state index is 13.2. The van der Waals surface area contributed by atoms with Gasteiger partial charge in [-0.25, -0.2) is 4.98 Å². The Hall–Kier alpha value is -3.30. The largest absolute Gasteiger partial charge is 0.467 e. The van der Waals surface area contributed by atoms with Crippen molar-refractivity contribution >= 4 is 22.9 Å². The van der Waals surface area contributed by atoms with E-state index >= 15 is 0 Å². The number of ether oxygens (including phenoxy) is 1. The zero-order valence-electron chi connectivity index (χ0n) is 13.8. The number of fused-ring (bicyclic) bond motifs is 1. The number of hydrogen-bond donors (Lipinski definition) is 1. The van der Waals surface area contributed by atoms with Crippen LogP contribution in [-0.4, -0.2) is 28.0 Å². The Labute approximate surface area is 150 Å². The Bertz CT molecular complexity index is 948. The highest BCUT2D eigenvalue weighted by Crippen LogP contribution is 2.31. The van der Waals surface area contributed by atoms with Crippen molar-refractivity contribution in [2.45, 2.75) is 19.3 Å². The molecule has 0 fully saturated rings. The van der Waals surface area contributed by atoms with Crippen molar-refractivity contribution in [3.05, 3.63) is 54.2 Å². The molecular formula is C17H14F3N3O4. The van der Waals surface area contributed by atoms with Crippen molar-refractivity contribution in [2.75, 3.05) is 6.61 Å². The van der Waals surface area contributed by atoms with Gasteiger partial charge in [0.25, 0.3) is 5.91 Å². The van der Waals surface area contributed by atoms with Crippen LogP contribution in [0.2, 0.25) is 0 Å². The van der Waals surface area contributed by atoms with Crippen LogP contribution in [0.25, 0.3) is 11.0 Å². The molecule has 0 bridgehead atoms. The quantitative estimate of drug-likeness (QED) is 0.663. The van der Waals surface area contributed by atoms with Gasteiger partial charge in [-0.1, -0.05) is 12.1 Å². The van der Waals surface area contributed by atoms with E-state index in [1.165, 1.54) is 24.5 Å². The molecule has 7 nitrogen and oxygen atoms in total. The number of halogens is 3. The van der Waals surface area contributed by atoms with Crippen LogP contribution in [-0.2, 0) is 33.6 Å². The molecule has 0 saturated carbocycles. The van der Waals surface area contributed by atoms with Crippen LogP contribution in [0.3, 0.4) is 0 Å². The predicted molar refractivity (Wildman–Crippen MR) is 86.2 cm³/mol. The first-order valence-electron chi connectivity index (χ1n) is 7.82. The topological polar surface area (TPSA) is 86.4 Å². The molecule has 1 N–H and O–H groups in total. The van der Waals surface area contributed by atoms with Crippen LogP contribution >= 0.6 is 0 Å². The third-order valence-electron chi connectivity index (χ3n) is 3.60. The molecule has 0 saturated heterocycles. The van der Waals surface area contributed by atoms with E-state index in [1.807, 2.05) is 0 Å². The van der Waals surface area contributed by atoms with Gasteiger partial charge in [-0.3, -0.25) is 9.59 Å². The summed E-state index contributed by atoms with van der Waals surface area (Å²) in [7, 11) is 0. The summed E-state index contributed by atoms with van der Waals surface area (Å²) in [5.41, 5.74) is 0.248. The SMILES string of the molecule is O=C(COC(=O)Cn1c(C(F)(F)F)nc2ccccc21)NCc1ccco1. The number of aromatic nitrogens is 2. The predicted octanol–water partition coefficient (Wildman–Crippen LogP) is 2.51. The minimum absolute atomic E-state index is 0.105. The molecule has 3 aromatic rings. The average molecular weight is 381 g/mol. The summed E-state index contributed by atoms with van der Waals surface area (Å²) >= 11 is 0. The Balaban J connectivity index is 1.63. The van der Waals surface area contributed by atoms with Gasteiger partial charge in [0.2, 0.25) is 5.82 Å². The summed E-state index contributed by atoms with van der Waals surface area (Å²) in [6, 6.07) is 9.20. The van der Waals surface area contributed by atoms with Gasteiger partial charge < -0.3 is 19.0 Å². The summed E-state index contributed by atoms with van der Waals surface area (Å²) in [5.74, 6) is -2.29. The molecule has 0 unspecified atom stereocenters. The fourth-order valence-electron chi connectivity index (χ4n) is 2.42. The summed E-state index contributed by atoms with van der Waals surface area (Å²) in [6.45, 7) is -1.23. The molecule has 27 heavy (non-hydrogen) atoms. The van der Waals surface area contributed by atoms with Crippen LogP contribution in [0.5, 0.6) is 0 Å². The minimum atomic E-state index is -4.74. The van der Waals surface area contributed by atoms with Crippen molar-refractivity contribution in [2.24, 2.45) is 0 Å². The summed E-state index contributed by atoms with van der Waals surface area (Å²) < 4.78 is 50.0. The van der Waals surface area contributed by atoms with Gasteiger partial charge in [0, 0.05) is 0 Å². The lowest BCUT2D eigenvalue weighted by molar-refractivity contribution is -0.153. The number of nitrogens with one attached hydrogen (secondary N) is 1. The first-order valence-corrected chi connectivity index (χ1v) is 7.82. The van der Waals surface area contributed by atoms with Crippen molar-refractivity contribution in [3.63, 3.8) is 0 Å². The van der Waals surface area contributed by atoms with Crippen molar-refractivity contribution in [3.8, 4) is 0 Å². The molecule has 1 aromatic carbocycles. The Kier molecular flexibility index (Phi) is 5.15. The van der Waals surface area contributed by atoms with E-state index in [4.69, 9.17) is 9.15 Å². The molecule has 0 aliphatic carbocycles. The molecule has 2 aromatic heterocycles. The van der Waals surface area contributed by atoms with Gasteiger partial charge in [-0.2, -0.15) is 13.2 Å². The second kappa shape index (κ2) is 7.52. The normalized spacial score (nSPS) is 11.5. The molecule has 0 spiro atoms. The van der Waals surface area contributed by atoms with Crippen LogP contribution in [0.1, 0.15) is 11.6 Å². The number of para-hydroxylation sites is 2. The van der Waals surface area contributed by atoms with E-state index in [2.05, 4.69) is 10.3 Å². The molecule has 10 heteroatoms. The number of amides is 1. The Morgan fingerprint density at radius 1 is 1.19 bits per heavy atom. The lowest BCUT2D eigenvalue weighted by Gasteiger charge is -2.11. The third-order valence-corrected chi connectivity index (χ3v) is 3.60. The highest BCUT2D eigenvalue weighted by Gasteiger charge is 2.38. The molecule has 142 valence electrons. The minimum Gasteiger partial charge on any atom is -0.467 e. The standard InChI is InChI=1S/C17H14F3N3O4/c18-17(19,20)16-22-12-5-1-2-6-13(12)23(16)9-15(25)27-10-14(24)21-8-11-4-3-7-26-11/h1-7H,8-10H2,(H,21,24). The maximum atomic E-state index is 13.2. The number of carbonyl (C=O) groups excluding carboxylic acids is 2. The molecule has 0 atom stereocenters. The molecule has 0 radical (unpaired) electrons. The number of hydrogen-bond acceptors (Lipinski definition) is 5. The second-order valence-electron chi connectivity index (χ2n) is 5.52. The number of carbonyl (C=O) groups is 2. The maximum Gasteiger partial charge on any atom is 0.449 e. The monoisotopic (exact) mass is 381 g/mol. The molecule has 0 aliphatic heterocycles. The summed E-state index contributed by atoms with van der Waals surface area (Å²) in [4.78, 5) is 27.1. The lowest BCUT2D eigenvalue weighted by Crippen LogP contribution is -2.29. The number of furan rings is 1. The molecule has 0 aliphatic rings. The zero-order valence-corrected chi connectivity index (χ0v) is 13.8. The number of esters is 1. The highest BCUT2D eigenvalue weighted by molar-refractivity contribution is 5.82. The molecular weight excluding hydrogens is 367 g/mol. The fraction of sp³-hybridized carbons (Fsp3) is 0.235. The molecule has 2 heterocycles. The van der Waals surface area contributed by atoms with Crippen molar-refractivity contribution < 1.29 is 31.9 Å². The van der Waals surface area contributed by atoms with E-state index < -0.39 is 37.0 Å². The van der Waals surface area contributed by atoms with Gasteiger partial charge >= 0.3 is 12.1 Å². The Morgan fingerprint density at radius 3 is 2.67 bits per heavy atom. The van der Waals surface area contributed by atoms with E-state index in [-0.39, 0.29) is 17.6 Å². The van der Waals surface area contributed by atoms with E-state index in [9.17, 15) is 22.8 Å². The van der Waals surface area contributed by atoms with E-state index in [1.54, 1.807) is 18.2 Å².